The average molecular weight is 752 g/mol. The van der Waals surface area contributed by atoms with E-state index in [0.717, 1.165) is 50.1 Å². The minimum absolute atomic E-state index is 0.0569. The largest absolute Gasteiger partial charge is 0.456 e. The zero-order chi connectivity index (χ0) is 38.6. The van der Waals surface area contributed by atoms with Crippen molar-refractivity contribution in [2.24, 2.45) is 0 Å². The highest BCUT2D eigenvalue weighted by atomic mass is 16.3. The first-order chi connectivity index (χ1) is 29.3. The van der Waals surface area contributed by atoms with Crippen LogP contribution in [0.1, 0.15) is 0 Å². The van der Waals surface area contributed by atoms with E-state index in [1.807, 2.05) is 12.1 Å². The number of para-hydroxylation sites is 7. The summed E-state index contributed by atoms with van der Waals surface area (Å²) in [6.07, 6.45) is 0. The second kappa shape index (κ2) is 12.4. The van der Waals surface area contributed by atoms with Crippen molar-refractivity contribution in [1.82, 2.24) is 4.57 Å². The first kappa shape index (κ1) is 32.3. The Balaban J connectivity index is 1.03. The number of aromatic nitrogens is 1. The van der Waals surface area contributed by atoms with E-state index in [1.54, 1.807) is 0 Å². The molecule has 0 bridgehead atoms. The number of nitrogens with zero attached hydrogens (tertiary/aromatic N) is 3. The van der Waals surface area contributed by atoms with Crippen LogP contribution in [0.4, 0.5) is 34.1 Å². The Labute approximate surface area is 341 Å². The van der Waals surface area contributed by atoms with E-state index >= 15 is 0 Å². The van der Waals surface area contributed by atoms with Gasteiger partial charge in [-0.1, -0.05) is 127 Å². The third-order valence-electron chi connectivity index (χ3n) is 12.6. The van der Waals surface area contributed by atoms with Crippen LogP contribution in [0.3, 0.4) is 0 Å². The Morgan fingerprint density at radius 3 is 1.61 bits per heavy atom. The van der Waals surface area contributed by atoms with Gasteiger partial charge in [0.25, 0.3) is 6.71 Å². The van der Waals surface area contributed by atoms with Crippen molar-refractivity contribution in [2.75, 3.05) is 9.80 Å². The summed E-state index contributed by atoms with van der Waals surface area (Å²) >= 11 is 0. The number of furan rings is 1. The summed E-state index contributed by atoms with van der Waals surface area (Å²) in [5.74, 6) is 0. The number of anilines is 6. The summed E-state index contributed by atoms with van der Waals surface area (Å²) in [6, 6.07) is 75.1. The van der Waals surface area contributed by atoms with E-state index in [2.05, 4.69) is 208 Å². The molecular formula is C54H34BN3O. The lowest BCUT2D eigenvalue weighted by molar-refractivity contribution is 0.669. The van der Waals surface area contributed by atoms with Crippen molar-refractivity contribution in [3.63, 3.8) is 0 Å². The van der Waals surface area contributed by atoms with Crippen LogP contribution in [-0.2, 0) is 0 Å². The van der Waals surface area contributed by atoms with Gasteiger partial charge < -0.3 is 18.8 Å². The molecule has 4 nitrogen and oxygen atoms in total. The van der Waals surface area contributed by atoms with E-state index in [9.17, 15) is 0 Å². The molecule has 2 aliphatic heterocycles. The Morgan fingerprint density at radius 2 is 0.864 bits per heavy atom. The van der Waals surface area contributed by atoms with Gasteiger partial charge in [0.1, 0.15) is 11.2 Å². The first-order valence-corrected chi connectivity index (χ1v) is 20.3. The highest BCUT2D eigenvalue weighted by Crippen LogP contribution is 2.46. The van der Waals surface area contributed by atoms with E-state index in [1.165, 1.54) is 60.9 Å². The monoisotopic (exact) mass is 751 g/mol. The summed E-state index contributed by atoms with van der Waals surface area (Å²) in [5.41, 5.74) is 18.6. The zero-order valence-corrected chi connectivity index (χ0v) is 32.0. The molecule has 9 aromatic carbocycles. The number of benzene rings is 9. The number of hydrogen-bond donors (Lipinski definition) is 0. The van der Waals surface area contributed by atoms with Crippen molar-refractivity contribution in [3.8, 4) is 16.8 Å². The summed E-state index contributed by atoms with van der Waals surface area (Å²) in [4.78, 5) is 4.99. The smallest absolute Gasteiger partial charge is 0.252 e. The maximum absolute atomic E-state index is 6.20. The predicted octanol–water partition coefficient (Wildman–Crippen LogP) is 12.4. The SMILES string of the molecule is c1cc(-c2ccc3oc4ccccc4c3c2)cc(N2c3ccccc3B3c4ccccc4N(c4ccccc4-n4c5ccccc5c5ccccc54)c4cccc2c43)c1. The second-order valence-electron chi connectivity index (χ2n) is 15.6. The molecule has 0 saturated carbocycles. The van der Waals surface area contributed by atoms with Crippen molar-refractivity contribution in [2.45, 2.75) is 0 Å². The third kappa shape index (κ3) is 4.61. The van der Waals surface area contributed by atoms with Gasteiger partial charge in [0, 0.05) is 50.0 Å². The molecular weight excluding hydrogens is 717 g/mol. The van der Waals surface area contributed by atoms with Gasteiger partial charge in [-0.05, 0) is 106 Å². The molecule has 0 saturated heterocycles. The van der Waals surface area contributed by atoms with Gasteiger partial charge in [0.05, 0.1) is 22.4 Å². The molecule has 59 heavy (non-hydrogen) atoms. The van der Waals surface area contributed by atoms with E-state index in [-0.39, 0.29) is 6.71 Å². The highest BCUT2D eigenvalue weighted by Gasteiger charge is 2.43. The third-order valence-corrected chi connectivity index (χ3v) is 12.6. The highest BCUT2D eigenvalue weighted by molar-refractivity contribution is 7.00. The van der Waals surface area contributed by atoms with Crippen LogP contribution >= 0.6 is 0 Å². The van der Waals surface area contributed by atoms with E-state index in [0.29, 0.717) is 0 Å². The normalized spacial score (nSPS) is 13.0. The topological polar surface area (TPSA) is 24.6 Å². The molecule has 0 spiro atoms. The molecule has 0 atom stereocenters. The van der Waals surface area contributed by atoms with Gasteiger partial charge in [-0.3, -0.25) is 0 Å². The lowest BCUT2D eigenvalue weighted by atomic mass is 9.33. The Bertz CT molecular complexity index is 3450. The summed E-state index contributed by atoms with van der Waals surface area (Å²) < 4.78 is 8.64. The van der Waals surface area contributed by atoms with Crippen LogP contribution in [0.2, 0.25) is 0 Å². The predicted molar refractivity (Wildman–Crippen MR) is 248 cm³/mol. The van der Waals surface area contributed by atoms with Crippen LogP contribution < -0.4 is 26.2 Å². The summed E-state index contributed by atoms with van der Waals surface area (Å²) in [6.45, 7) is 0.0569. The Hall–Kier alpha value is -7.76. The molecule has 5 heteroatoms. The van der Waals surface area contributed by atoms with Gasteiger partial charge in [-0.25, -0.2) is 0 Å². The Kier molecular flexibility index (Phi) is 6.78. The standard InChI is InChI=1S/C54H34BN3O/c1-6-22-44-38(17-1)39-18-2-7-23-45(39)57(44)48-26-10-11-27-49(48)58-47-25-9-5-21-43(47)55-42-20-4-8-24-46(42)56(50-28-14-29-51(58)54(50)55)37-16-13-15-35(33-37)36-31-32-53-41(34-36)40-19-3-12-30-52(40)59-53/h1-34H. The van der Waals surface area contributed by atoms with Gasteiger partial charge in [0.15, 0.2) is 0 Å². The first-order valence-electron chi connectivity index (χ1n) is 20.3. The molecule has 0 amide bonds. The Morgan fingerprint density at radius 1 is 0.339 bits per heavy atom. The molecule has 0 radical (unpaired) electrons. The van der Waals surface area contributed by atoms with E-state index in [4.69, 9.17) is 4.42 Å². The molecule has 4 heterocycles. The van der Waals surface area contributed by atoms with Crippen molar-refractivity contribution in [1.29, 1.82) is 0 Å². The molecule has 0 unspecified atom stereocenters. The molecule has 13 rings (SSSR count). The molecule has 274 valence electrons. The van der Waals surface area contributed by atoms with Crippen molar-refractivity contribution >= 4 is 101 Å². The molecule has 0 aliphatic carbocycles. The molecule has 0 fully saturated rings. The fraction of sp³-hybridized carbons (Fsp3) is 0. The fourth-order valence-corrected chi connectivity index (χ4v) is 10.1. The zero-order valence-electron chi connectivity index (χ0n) is 32.0. The van der Waals surface area contributed by atoms with Gasteiger partial charge >= 0.3 is 0 Å². The number of rotatable bonds is 4. The maximum atomic E-state index is 6.20. The summed E-state index contributed by atoms with van der Waals surface area (Å²) in [7, 11) is 0. The van der Waals surface area contributed by atoms with Crippen molar-refractivity contribution in [3.05, 3.63) is 206 Å². The molecule has 2 aromatic heterocycles. The molecule has 11 aromatic rings. The van der Waals surface area contributed by atoms with E-state index < -0.39 is 0 Å². The lowest BCUT2D eigenvalue weighted by Gasteiger charge is -2.44. The second-order valence-corrected chi connectivity index (χ2v) is 15.6. The van der Waals surface area contributed by atoms with Crippen LogP contribution in [0.5, 0.6) is 0 Å². The van der Waals surface area contributed by atoms with Gasteiger partial charge in [0.2, 0.25) is 0 Å². The molecule has 0 N–H and O–H groups in total. The fourth-order valence-electron chi connectivity index (χ4n) is 10.1. The minimum atomic E-state index is 0.0569. The molecule has 2 aliphatic rings. The average Bonchev–Trinajstić information content (AvgIpc) is 3.84. The van der Waals surface area contributed by atoms with Crippen LogP contribution in [0.25, 0.3) is 60.6 Å². The number of hydrogen-bond acceptors (Lipinski definition) is 3. The lowest BCUT2D eigenvalue weighted by Crippen LogP contribution is -2.61. The maximum Gasteiger partial charge on any atom is 0.252 e. The van der Waals surface area contributed by atoms with Crippen LogP contribution in [0, 0.1) is 0 Å². The van der Waals surface area contributed by atoms with Gasteiger partial charge in [-0.15, -0.1) is 0 Å². The number of fused-ring (bicyclic) bond motifs is 10. The summed E-state index contributed by atoms with van der Waals surface area (Å²) in [5, 5.41) is 4.77. The van der Waals surface area contributed by atoms with Crippen LogP contribution in [0.15, 0.2) is 211 Å². The quantitative estimate of drug-likeness (QED) is 0.167. The van der Waals surface area contributed by atoms with Crippen molar-refractivity contribution < 1.29 is 4.42 Å². The van der Waals surface area contributed by atoms with Crippen LogP contribution in [-0.4, -0.2) is 11.3 Å². The van der Waals surface area contributed by atoms with Gasteiger partial charge in [-0.2, -0.15) is 0 Å². The minimum Gasteiger partial charge on any atom is -0.456 e.